The molecule has 0 bridgehead atoms. The normalized spacial score (nSPS) is 10.9. The van der Waals surface area contributed by atoms with Gasteiger partial charge in [-0.15, -0.1) is 0 Å². The van der Waals surface area contributed by atoms with Crippen molar-refractivity contribution in [3.05, 3.63) is 76.3 Å². The minimum absolute atomic E-state index is 0.0900. The van der Waals surface area contributed by atoms with Crippen LogP contribution >= 0.6 is 15.9 Å². The highest BCUT2D eigenvalue weighted by molar-refractivity contribution is 9.10. The largest absolute Gasteiger partial charge is 0.493 e. The third kappa shape index (κ3) is 5.07. The van der Waals surface area contributed by atoms with Gasteiger partial charge in [-0.1, -0.05) is 42.5 Å². The maximum atomic E-state index is 12.6. The molecule has 0 unspecified atom stereocenters. The monoisotopic (exact) mass is 467 g/mol. The Hall–Kier alpha value is -3.12. The Kier molecular flexibility index (Phi) is 6.90. The first-order valence-electron chi connectivity index (χ1n) is 9.30. The number of halogens is 1. The lowest BCUT2D eigenvalue weighted by molar-refractivity contribution is -0.130. The molecular weight excluding hydrogens is 446 g/mol. The summed E-state index contributed by atoms with van der Waals surface area (Å²) in [6.45, 7) is -0.0996. The number of carbonyl (C=O) groups excluding carboxylic acids is 2. The van der Waals surface area contributed by atoms with Gasteiger partial charge in [-0.2, -0.15) is 0 Å². The molecule has 3 aromatic carbocycles. The lowest BCUT2D eigenvalue weighted by Crippen LogP contribution is -2.27. The quantitative estimate of drug-likeness (QED) is 0.363. The van der Waals surface area contributed by atoms with Gasteiger partial charge in [0.05, 0.1) is 11.6 Å². The van der Waals surface area contributed by atoms with Crippen LogP contribution in [0.25, 0.3) is 16.8 Å². The summed E-state index contributed by atoms with van der Waals surface area (Å²) in [7, 11) is 4.85. The molecule has 6 heteroatoms. The average molecular weight is 468 g/mol. The van der Waals surface area contributed by atoms with E-state index in [1.807, 2.05) is 48.5 Å². The highest BCUT2D eigenvalue weighted by Gasteiger charge is 2.14. The van der Waals surface area contributed by atoms with Gasteiger partial charge in [0.15, 0.2) is 23.9 Å². The molecule has 5 nitrogen and oxygen atoms in total. The fourth-order valence-electron chi connectivity index (χ4n) is 2.85. The van der Waals surface area contributed by atoms with E-state index in [4.69, 9.17) is 9.47 Å². The van der Waals surface area contributed by atoms with Gasteiger partial charge in [0.25, 0.3) is 5.91 Å². The number of ketones is 1. The third-order valence-corrected chi connectivity index (χ3v) is 5.14. The Bertz CT molecular complexity index is 1120. The molecule has 3 aromatic rings. The van der Waals surface area contributed by atoms with Crippen molar-refractivity contribution in [2.75, 3.05) is 27.8 Å². The number of benzene rings is 3. The Morgan fingerprint density at radius 1 is 1.03 bits per heavy atom. The zero-order valence-electron chi connectivity index (χ0n) is 17.0. The number of nitrogens with zero attached hydrogens (tertiary/aromatic N) is 1. The van der Waals surface area contributed by atoms with Crippen LogP contribution in [0.3, 0.4) is 0 Å². The van der Waals surface area contributed by atoms with Crippen LogP contribution in [0.5, 0.6) is 11.5 Å². The molecule has 0 saturated carbocycles. The van der Waals surface area contributed by atoms with Gasteiger partial charge in [-0.05, 0) is 56.5 Å². The number of rotatable bonds is 7. The number of allylic oxidation sites excluding steroid dienone is 1. The summed E-state index contributed by atoms with van der Waals surface area (Å²) in [6, 6.07) is 17.1. The second-order valence-electron chi connectivity index (χ2n) is 6.87. The van der Waals surface area contributed by atoms with Crippen molar-refractivity contribution in [1.29, 1.82) is 0 Å². The van der Waals surface area contributed by atoms with Gasteiger partial charge in [0.2, 0.25) is 0 Å². The van der Waals surface area contributed by atoms with Gasteiger partial charge < -0.3 is 14.4 Å². The molecule has 0 saturated heterocycles. The SMILES string of the molecule is COc1cc(C=CC(=O)c2ccc3ccccc3c2)cc(Br)c1OCC(=O)N(C)C. The summed E-state index contributed by atoms with van der Waals surface area (Å²) >= 11 is 3.46. The van der Waals surface area contributed by atoms with Crippen LogP contribution in [0.15, 0.2) is 65.1 Å². The highest BCUT2D eigenvalue weighted by Crippen LogP contribution is 2.37. The predicted molar refractivity (Wildman–Crippen MR) is 122 cm³/mol. The molecule has 30 heavy (non-hydrogen) atoms. The fourth-order valence-corrected chi connectivity index (χ4v) is 3.42. The summed E-state index contributed by atoms with van der Waals surface area (Å²) in [6.07, 6.45) is 3.25. The first-order valence-corrected chi connectivity index (χ1v) is 10.1. The molecule has 0 heterocycles. The lowest BCUT2D eigenvalue weighted by atomic mass is 10.0. The summed E-state index contributed by atoms with van der Waals surface area (Å²) in [5.41, 5.74) is 1.39. The van der Waals surface area contributed by atoms with Crippen LogP contribution in [0.4, 0.5) is 0 Å². The van der Waals surface area contributed by atoms with Crippen LogP contribution in [0.2, 0.25) is 0 Å². The molecule has 0 N–H and O–H groups in total. The molecule has 0 aliphatic rings. The summed E-state index contributed by atoms with van der Waals surface area (Å²) in [4.78, 5) is 25.9. The summed E-state index contributed by atoms with van der Waals surface area (Å²) in [5, 5.41) is 2.12. The second-order valence-corrected chi connectivity index (χ2v) is 7.72. The van der Waals surface area contributed by atoms with Crippen LogP contribution in [0.1, 0.15) is 15.9 Å². The molecule has 0 aliphatic carbocycles. The van der Waals surface area contributed by atoms with E-state index in [0.29, 0.717) is 21.5 Å². The molecule has 0 atom stereocenters. The van der Waals surface area contributed by atoms with Crippen molar-refractivity contribution in [2.24, 2.45) is 0 Å². The van der Waals surface area contributed by atoms with Crippen LogP contribution in [-0.2, 0) is 4.79 Å². The Morgan fingerprint density at radius 2 is 1.77 bits per heavy atom. The van der Waals surface area contributed by atoms with E-state index in [9.17, 15) is 9.59 Å². The number of amides is 1. The van der Waals surface area contributed by atoms with E-state index in [0.717, 1.165) is 16.3 Å². The first-order chi connectivity index (χ1) is 14.4. The van der Waals surface area contributed by atoms with Gasteiger partial charge in [-0.3, -0.25) is 9.59 Å². The average Bonchev–Trinajstić information content (AvgIpc) is 2.75. The second kappa shape index (κ2) is 9.59. The number of methoxy groups -OCH3 is 1. The number of ether oxygens (including phenoxy) is 2. The van der Waals surface area contributed by atoms with Crippen LogP contribution < -0.4 is 9.47 Å². The van der Waals surface area contributed by atoms with Gasteiger partial charge in [-0.25, -0.2) is 0 Å². The Labute approximate surface area is 184 Å². The Balaban J connectivity index is 1.79. The molecule has 3 rings (SSSR count). The third-order valence-electron chi connectivity index (χ3n) is 4.55. The van der Waals surface area contributed by atoms with Crippen molar-refractivity contribution in [2.45, 2.75) is 0 Å². The van der Waals surface area contributed by atoms with E-state index >= 15 is 0 Å². The zero-order valence-corrected chi connectivity index (χ0v) is 18.6. The van der Waals surface area contributed by atoms with Gasteiger partial charge >= 0.3 is 0 Å². The van der Waals surface area contributed by atoms with E-state index in [1.165, 1.54) is 18.1 Å². The van der Waals surface area contributed by atoms with Gasteiger partial charge in [0, 0.05) is 19.7 Å². The number of likely N-dealkylation sites (N-methyl/N-ethyl adjacent to an activating group) is 1. The van der Waals surface area contributed by atoms with E-state index in [-0.39, 0.29) is 18.3 Å². The number of carbonyl (C=O) groups is 2. The lowest BCUT2D eigenvalue weighted by Gasteiger charge is -2.15. The van der Waals surface area contributed by atoms with E-state index in [1.54, 1.807) is 26.2 Å². The minimum atomic E-state index is -0.158. The number of hydrogen-bond acceptors (Lipinski definition) is 4. The zero-order chi connectivity index (χ0) is 21.7. The summed E-state index contributed by atoms with van der Waals surface area (Å²) < 4.78 is 11.6. The van der Waals surface area contributed by atoms with Crippen LogP contribution in [-0.4, -0.2) is 44.4 Å². The maximum absolute atomic E-state index is 12.6. The van der Waals surface area contributed by atoms with E-state index in [2.05, 4.69) is 15.9 Å². The molecular formula is C24H22BrNO4. The summed E-state index contributed by atoms with van der Waals surface area (Å²) in [5.74, 6) is 0.654. The number of fused-ring (bicyclic) bond motifs is 1. The van der Waals surface area contributed by atoms with Crippen molar-refractivity contribution in [1.82, 2.24) is 4.90 Å². The molecule has 0 fully saturated rings. The van der Waals surface area contributed by atoms with Crippen molar-refractivity contribution < 1.29 is 19.1 Å². The van der Waals surface area contributed by atoms with E-state index < -0.39 is 0 Å². The molecule has 0 radical (unpaired) electrons. The molecule has 1 amide bonds. The standard InChI is InChI=1S/C24H22BrNO4/c1-26(2)23(28)15-30-24-20(25)12-16(13-22(24)29-3)8-11-21(27)19-10-9-17-6-4-5-7-18(17)14-19/h4-14H,15H2,1-3H3. The topological polar surface area (TPSA) is 55.8 Å². The highest BCUT2D eigenvalue weighted by atomic mass is 79.9. The molecule has 0 aromatic heterocycles. The maximum Gasteiger partial charge on any atom is 0.259 e. The molecule has 154 valence electrons. The van der Waals surface area contributed by atoms with Crippen molar-refractivity contribution in [3.8, 4) is 11.5 Å². The predicted octanol–water partition coefficient (Wildman–Crippen LogP) is 4.97. The number of hydrogen-bond donors (Lipinski definition) is 0. The fraction of sp³-hybridized carbons (Fsp3) is 0.167. The molecule has 0 aliphatic heterocycles. The Morgan fingerprint density at radius 3 is 2.47 bits per heavy atom. The van der Waals surface area contributed by atoms with Gasteiger partial charge in [0.1, 0.15) is 0 Å². The van der Waals surface area contributed by atoms with Crippen molar-refractivity contribution in [3.63, 3.8) is 0 Å². The molecule has 0 spiro atoms. The van der Waals surface area contributed by atoms with Crippen molar-refractivity contribution >= 4 is 44.5 Å². The smallest absolute Gasteiger partial charge is 0.259 e. The van der Waals surface area contributed by atoms with Crippen LogP contribution in [0, 0.1) is 0 Å². The minimum Gasteiger partial charge on any atom is -0.493 e. The first kappa shape index (κ1) is 21.6.